The molecule has 2 N–H and O–H groups in total. The molecule has 5 rings (SSSR count). The van der Waals surface area contributed by atoms with Crippen LogP contribution in [0, 0.1) is 5.92 Å². The number of carbonyl (C=O) groups excluding carboxylic acids is 2. The predicted octanol–water partition coefficient (Wildman–Crippen LogP) is 2.54. The van der Waals surface area contributed by atoms with E-state index in [1.165, 1.54) is 0 Å². The van der Waals surface area contributed by atoms with Crippen LogP contribution < -0.4 is 15.5 Å². The first-order chi connectivity index (χ1) is 18.8. The van der Waals surface area contributed by atoms with Crippen molar-refractivity contribution in [3.63, 3.8) is 0 Å². The van der Waals surface area contributed by atoms with Crippen LogP contribution in [0.1, 0.15) is 42.5 Å². The lowest BCUT2D eigenvalue weighted by molar-refractivity contribution is 0.0945. The van der Waals surface area contributed by atoms with Crippen LogP contribution in [0.25, 0.3) is 6.20 Å². The van der Waals surface area contributed by atoms with Gasteiger partial charge in [0.2, 0.25) is 0 Å². The van der Waals surface area contributed by atoms with Gasteiger partial charge in [-0.25, -0.2) is 14.8 Å². The van der Waals surface area contributed by atoms with Crippen molar-refractivity contribution in [1.82, 2.24) is 35.0 Å². The van der Waals surface area contributed by atoms with E-state index in [1.54, 1.807) is 30.5 Å². The van der Waals surface area contributed by atoms with Crippen LogP contribution in [0.5, 0.6) is 0 Å². The topological polar surface area (TPSA) is 111 Å². The number of piperidine rings is 1. The van der Waals surface area contributed by atoms with Crippen LogP contribution in [0.3, 0.4) is 0 Å². The molecule has 2 aromatic heterocycles. The van der Waals surface area contributed by atoms with Crippen LogP contribution in [0.2, 0.25) is 5.02 Å². The first-order valence-corrected chi connectivity index (χ1v) is 13.8. The van der Waals surface area contributed by atoms with E-state index in [-0.39, 0.29) is 23.2 Å². The number of aromatic nitrogens is 3. The zero-order chi connectivity index (χ0) is 27.6. The Bertz CT molecular complexity index is 1270. The molecule has 5 heterocycles. The predicted molar refractivity (Wildman–Crippen MR) is 152 cm³/mol. The molecule has 39 heavy (non-hydrogen) atoms. The minimum atomic E-state index is -0.340. The Morgan fingerprint density at radius 3 is 2.79 bits per heavy atom. The van der Waals surface area contributed by atoms with Gasteiger partial charge in [-0.15, -0.1) is 0 Å². The Kier molecular flexibility index (Phi) is 7.79. The van der Waals surface area contributed by atoms with Gasteiger partial charge in [0.15, 0.2) is 11.7 Å². The van der Waals surface area contributed by atoms with Gasteiger partial charge >= 0.3 is 6.03 Å². The number of carbonyl (C=O) groups is 2. The second-order valence-corrected chi connectivity index (χ2v) is 11.0. The van der Waals surface area contributed by atoms with E-state index in [4.69, 9.17) is 11.6 Å². The lowest BCUT2D eigenvalue weighted by atomic mass is 9.88. The van der Waals surface area contributed by atoms with Crippen LogP contribution in [0.15, 0.2) is 36.2 Å². The quantitative estimate of drug-likeness (QED) is 0.403. The Morgan fingerprint density at radius 2 is 2.13 bits per heavy atom. The number of nitrogens with zero attached hydrogens (tertiary/aromatic N) is 7. The fraction of sp³-hybridized carbons (Fsp3) is 0.519. The molecule has 3 fully saturated rings. The largest absolute Gasteiger partial charge is 0.370 e. The lowest BCUT2D eigenvalue weighted by Crippen LogP contribution is -2.54. The Labute approximate surface area is 233 Å². The number of rotatable bonds is 7. The monoisotopic (exact) mass is 553 g/mol. The molecular weight excluding hydrogens is 518 g/mol. The van der Waals surface area contributed by atoms with Crippen LogP contribution in [0.4, 0.5) is 10.5 Å². The molecule has 3 aliphatic rings. The average Bonchev–Trinajstić information content (AvgIpc) is 3.65. The van der Waals surface area contributed by atoms with Crippen molar-refractivity contribution < 1.29 is 9.59 Å². The smallest absolute Gasteiger partial charge is 0.318 e. The third-order valence-corrected chi connectivity index (χ3v) is 8.24. The van der Waals surface area contributed by atoms with E-state index in [2.05, 4.69) is 48.9 Å². The fourth-order valence-corrected chi connectivity index (χ4v) is 5.98. The van der Waals surface area contributed by atoms with Gasteiger partial charge in [0.05, 0.1) is 22.4 Å². The number of likely N-dealkylation sites (tertiary alicyclic amines) is 1. The normalized spacial score (nSPS) is 21.0. The fourth-order valence-electron chi connectivity index (χ4n) is 5.73. The second kappa shape index (κ2) is 11.3. The molecule has 1 atom stereocenters. The Morgan fingerprint density at radius 1 is 1.33 bits per heavy atom. The summed E-state index contributed by atoms with van der Waals surface area (Å²) in [7, 11) is 1.76. The molecule has 208 valence electrons. The number of anilines is 1. The van der Waals surface area contributed by atoms with Crippen molar-refractivity contribution in [1.29, 1.82) is 0 Å². The number of aliphatic imine (C=N–C) groups is 1. The highest BCUT2D eigenvalue weighted by Crippen LogP contribution is 2.29. The molecule has 0 bridgehead atoms. The van der Waals surface area contributed by atoms with Crippen LogP contribution >= 0.6 is 11.6 Å². The van der Waals surface area contributed by atoms with Gasteiger partial charge in [-0.3, -0.25) is 9.79 Å². The Hall–Kier alpha value is -3.60. The average molecular weight is 554 g/mol. The summed E-state index contributed by atoms with van der Waals surface area (Å²) in [5, 5.41) is 6.40. The number of halogens is 1. The van der Waals surface area contributed by atoms with Gasteiger partial charge in [0.1, 0.15) is 5.69 Å². The molecule has 0 aliphatic carbocycles. The molecule has 3 aliphatic heterocycles. The van der Waals surface area contributed by atoms with Crippen molar-refractivity contribution in [2.24, 2.45) is 10.9 Å². The molecule has 0 saturated carbocycles. The number of nitrogens with one attached hydrogen (secondary N) is 2. The summed E-state index contributed by atoms with van der Waals surface area (Å²) in [4.78, 5) is 45.0. The number of amides is 3. The highest BCUT2D eigenvalue weighted by Gasteiger charge is 2.44. The molecule has 0 radical (unpaired) electrons. The van der Waals surface area contributed by atoms with Crippen LogP contribution in [-0.2, 0) is 0 Å². The van der Waals surface area contributed by atoms with Crippen molar-refractivity contribution in [3.05, 3.63) is 47.8 Å². The van der Waals surface area contributed by atoms with Gasteiger partial charge in [0.25, 0.3) is 5.91 Å². The van der Waals surface area contributed by atoms with Gasteiger partial charge in [-0.1, -0.05) is 25.1 Å². The first-order valence-electron chi connectivity index (χ1n) is 13.5. The number of hydrogen-bond donors (Lipinski definition) is 2. The highest BCUT2D eigenvalue weighted by molar-refractivity contribution is 6.33. The van der Waals surface area contributed by atoms with E-state index in [0.717, 1.165) is 62.8 Å². The highest BCUT2D eigenvalue weighted by atomic mass is 35.5. The summed E-state index contributed by atoms with van der Waals surface area (Å²) in [5.41, 5.74) is 0.847. The zero-order valence-corrected chi connectivity index (χ0v) is 23.3. The lowest BCUT2D eigenvalue weighted by Gasteiger charge is -2.39. The maximum absolute atomic E-state index is 12.8. The molecular formula is C27H36ClN9O2. The SMILES string of the molecule is C=Cn1ccnc1C(=NC)N1CCC2(CC1)CN(CCNC(=O)c1ncc(N3CCC(C)C3)cc1Cl)C(=O)N2. The van der Waals surface area contributed by atoms with Crippen molar-refractivity contribution in [2.75, 3.05) is 57.8 Å². The molecule has 1 unspecified atom stereocenters. The molecule has 2 aromatic rings. The number of hydrogen-bond acceptors (Lipinski definition) is 6. The van der Waals surface area contributed by atoms with Crippen molar-refractivity contribution >= 4 is 41.3 Å². The third kappa shape index (κ3) is 5.59. The molecule has 3 amide bonds. The summed E-state index contributed by atoms with van der Waals surface area (Å²) in [6, 6.07) is 1.70. The summed E-state index contributed by atoms with van der Waals surface area (Å²) >= 11 is 6.41. The third-order valence-electron chi connectivity index (χ3n) is 7.95. The van der Waals surface area contributed by atoms with E-state index < -0.39 is 0 Å². The maximum atomic E-state index is 12.8. The van der Waals surface area contributed by atoms with Crippen molar-refractivity contribution in [3.8, 4) is 0 Å². The van der Waals surface area contributed by atoms with E-state index in [1.807, 2.05) is 16.8 Å². The molecule has 3 saturated heterocycles. The van der Waals surface area contributed by atoms with E-state index >= 15 is 0 Å². The summed E-state index contributed by atoms with van der Waals surface area (Å²) in [5.74, 6) is 1.87. The van der Waals surface area contributed by atoms with E-state index in [9.17, 15) is 9.59 Å². The number of urea groups is 1. The van der Waals surface area contributed by atoms with Gasteiger partial charge < -0.3 is 29.9 Å². The zero-order valence-electron chi connectivity index (χ0n) is 22.6. The molecule has 11 nitrogen and oxygen atoms in total. The Balaban J connectivity index is 1.12. The van der Waals surface area contributed by atoms with Gasteiger partial charge in [-0.05, 0) is 31.2 Å². The molecule has 1 spiro atoms. The number of amidine groups is 1. The van der Waals surface area contributed by atoms with E-state index in [0.29, 0.717) is 30.6 Å². The summed E-state index contributed by atoms with van der Waals surface area (Å²) < 4.78 is 1.85. The second-order valence-electron chi connectivity index (χ2n) is 10.6. The number of pyridine rings is 1. The minimum absolute atomic E-state index is 0.107. The summed E-state index contributed by atoms with van der Waals surface area (Å²) in [6.07, 6.45) is 9.72. The molecule has 12 heteroatoms. The van der Waals surface area contributed by atoms with Gasteiger partial charge in [0, 0.05) is 71.5 Å². The standard InChI is InChI=1S/C27H36ClN9O2/c1-4-34-13-8-30-24(34)23(29-3)35-11-6-27(7-12-35)18-37(26(39)33-27)14-9-31-25(38)22-21(28)15-20(16-32-22)36-10-5-19(2)17-36/h4,8,13,15-16,19H,1,5-7,9-12,14,17-18H2,2-3H3,(H,31,38)(H,33,39). The summed E-state index contributed by atoms with van der Waals surface area (Å²) in [6.45, 7) is 10.8. The van der Waals surface area contributed by atoms with Crippen molar-refractivity contribution in [2.45, 2.75) is 31.7 Å². The van der Waals surface area contributed by atoms with Crippen LogP contribution in [-0.4, -0.2) is 101 Å². The van der Waals surface area contributed by atoms with Gasteiger partial charge in [-0.2, -0.15) is 0 Å². The number of imidazole rings is 1. The minimum Gasteiger partial charge on any atom is -0.370 e. The maximum Gasteiger partial charge on any atom is 0.318 e. The first kappa shape index (κ1) is 27.0. The molecule has 0 aromatic carbocycles.